The maximum atomic E-state index is 14.0. The molecule has 7 heteroatoms. The zero-order valence-electron chi connectivity index (χ0n) is 14.0. The SMILES string of the molecule is Cc1cc(C(=O)Nc2ccc3c(c2)OCCO3)nn1-c1ccccc1F. The van der Waals surface area contributed by atoms with E-state index in [0.717, 1.165) is 0 Å². The molecular weight excluding hydrogens is 337 g/mol. The molecule has 0 unspecified atom stereocenters. The number of aryl methyl sites for hydroxylation is 1. The third-order valence-electron chi connectivity index (χ3n) is 4.00. The smallest absolute Gasteiger partial charge is 0.276 e. The van der Waals surface area contributed by atoms with Gasteiger partial charge >= 0.3 is 0 Å². The molecule has 2 heterocycles. The summed E-state index contributed by atoms with van der Waals surface area (Å²) in [7, 11) is 0. The fourth-order valence-corrected chi connectivity index (χ4v) is 2.77. The monoisotopic (exact) mass is 353 g/mol. The topological polar surface area (TPSA) is 65.4 Å². The number of fused-ring (bicyclic) bond motifs is 1. The van der Waals surface area contributed by atoms with Crippen LogP contribution in [0.5, 0.6) is 11.5 Å². The highest BCUT2D eigenvalue weighted by atomic mass is 19.1. The van der Waals surface area contributed by atoms with Gasteiger partial charge in [0.15, 0.2) is 17.2 Å². The van der Waals surface area contributed by atoms with Gasteiger partial charge in [0.2, 0.25) is 0 Å². The third kappa shape index (κ3) is 2.99. The van der Waals surface area contributed by atoms with E-state index in [4.69, 9.17) is 9.47 Å². The molecule has 4 rings (SSSR count). The van der Waals surface area contributed by atoms with Gasteiger partial charge in [0.1, 0.15) is 24.7 Å². The lowest BCUT2D eigenvalue weighted by atomic mass is 10.2. The summed E-state index contributed by atoms with van der Waals surface area (Å²) in [5, 5.41) is 7.00. The molecule has 0 fully saturated rings. The largest absolute Gasteiger partial charge is 0.486 e. The zero-order chi connectivity index (χ0) is 18.1. The first kappa shape index (κ1) is 16.1. The van der Waals surface area contributed by atoms with Gasteiger partial charge in [0.05, 0.1) is 0 Å². The number of carbonyl (C=O) groups excluding carboxylic acids is 1. The fraction of sp³-hybridized carbons (Fsp3) is 0.158. The molecule has 0 saturated carbocycles. The molecule has 0 bridgehead atoms. The Morgan fingerprint density at radius 3 is 2.69 bits per heavy atom. The van der Waals surface area contributed by atoms with E-state index in [1.54, 1.807) is 49.4 Å². The average molecular weight is 353 g/mol. The van der Waals surface area contributed by atoms with Crippen LogP contribution in [0.4, 0.5) is 10.1 Å². The van der Waals surface area contributed by atoms with Gasteiger partial charge in [-0.3, -0.25) is 4.79 Å². The van der Waals surface area contributed by atoms with Crippen molar-refractivity contribution in [1.82, 2.24) is 9.78 Å². The lowest BCUT2D eigenvalue weighted by Crippen LogP contribution is -2.16. The van der Waals surface area contributed by atoms with Gasteiger partial charge in [-0.2, -0.15) is 5.10 Å². The van der Waals surface area contributed by atoms with Crippen molar-refractivity contribution in [1.29, 1.82) is 0 Å². The van der Waals surface area contributed by atoms with Crippen molar-refractivity contribution < 1.29 is 18.7 Å². The van der Waals surface area contributed by atoms with Crippen LogP contribution in [0.2, 0.25) is 0 Å². The number of anilines is 1. The van der Waals surface area contributed by atoms with Crippen molar-refractivity contribution >= 4 is 11.6 Å². The number of aromatic nitrogens is 2. The molecule has 1 N–H and O–H groups in total. The van der Waals surface area contributed by atoms with Crippen molar-refractivity contribution in [3.8, 4) is 17.2 Å². The van der Waals surface area contributed by atoms with E-state index < -0.39 is 5.82 Å². The van der Waals surface area contributed by atoms with Gasteiger partial charge < -0.3 is 14.8 Å². The van der Waals surface area contributed by atoms with Crippen LogP contribution in [0, 0.1) is 12.7 Å². The molecular formula is C19H16FN3O3. The predicted molar refractivity (Wildman–Crippen MR) is 93.6 cm³/mol. The average Bonchev–Trinajstić information content (AvgIpc) is 3.04. The maximum Gasteiger partial charge on any atom is 0.276 e. The highest BCUT2D eigenvalue weighted by Gasteiger charge is 2.17. The Balaban J connectivity index is 1.58. The normalized spacial score (nSPS) is 12.7. The Hall–Kier alpha value is -3.35. The molecule has 6 nitrogen and oxygen atoms in total. The van der Waals surface area contributed by atoms with E-state index in [2.05, 4.69) is 10.4 Å². The first-order valence-corrected chi connectivity index (χ1v) is 8.14. The Labute approximate surface area is 149 Å². The molecule has 0 spiro atoms. The number of ether oxygens (including phenoxy) is 2. The third-order valence-corrected chi connectivity index (χ3v) is 4.00. The van der Waals surface area contributed by atoms with Gasteiger partial charge in [0.25, 0.3) is 5.91 Å². The van der Waals surface area contributed by atoms with E-state index in [1.807, 2.05) is 0 Å². The lowest BCUT2D eigenvalue weighted by Gasteiger charge is -2.18. The molecule has 2 aromatic carbocycles. The van der Waals surface area contributed by atoms with Gasteiger partial charge in [-0.15, -0.1) is 0 Å². The van der Waals surface area contributed by atoms with E-state index in [0.29, 0.717) is 41.8 Å². The van der Waals surface area contributed by atoms with Crippen molar-refractivity contribution in [2.45, 2.75) is 6.92 Å². The van der Waals surface area contributed by atoms with E-state index in [-0.39, 0.29) is 11.6 Å². The molecule has 132 valence electrons. The van der Waals surface area contributed by atoms with Gasteiger partial charge in [-0.05, 0) is 37.3 Å². The van der Waals surface area contributed by atoms with Crippen LogP contribution < -0.4 is 14.8 Å². The number of rotatable bonds is 3. The zero-order valence-corrected chi connectivity index (χ0v) is 14.0. The Morgan fingerprint density at radius 1 is 1.12 bits per heavy atom. The van der Waals surface area contributed by atoms with Crippen molar-refractivity contribution in [3.05, 3.63) is 65.7 Å². The number of carbonyl (C=O) groups is 1. The molecule has 3 aromatic rings. The summed E-state index contributed by atoms with van der Waals surface area (Å²) >= 11 is 0. The summed E-state index contributed by atoms with van der Waals surface area (Å²) in [6, 6.07) is 13.1. The summed E-state index contributed by atoms with van der Waals surface area (Å²) in [6.45, 7) is 2.74. The number of nitrogens with one attached hydrogen (secondary N) is 1. The highest BCUT2D eigenvalue weighted by Crippen LogP contribution is 2.32. The first-order chi connectivity index (χ1) is 12.6. The van der Waals surface area contributed by atoms with Crippen LogP contribution in [0.25, 0.3) is 5.69 Å². The second kappa shape index (κ2) is 6.51. The van der Waals surface area contributed by atoms with Gasteiger partial charge in [-0.25, -0.2) is 9.07 Å². The molecule has 26 heavy (non-hydrogen) atoms. The fourth-order valence-electron chi connectivity index (χ4n) is 2.77. The minimum absolute atomic E-state index is 0.195. The highest BCUT2D eigenvalue weighted by molar-refractivity contribution is 6.03. The number of hydrogen-bond donors (Lipinski definition) is 1. The molecule has 1 aromatic heterocycles. The standard InChI is InChI=1S/C19H16FN3O3/c1-12-10-15(22-23(12)16-5-3-2-4-14(16)20)19(24)21-13-6-7-17-18(11-13)26-9-8-25-17/h2-7,10-11H,8-9H2,1H3,(H,21,24). The quantitative estimate of drug-likeness (QED) is 0.784. The minimum Gasteiger partial charge on any atom is -0.486 e. The Morgan fingerprint density at radius 2 is 1.88 bits per heavy atom. The van der Waals surface area contributed by atoms with Crippen molar-refractivity contribution in [3.63, 3.8) is 0 Å². The van der Waals surface area contributed by atoms with Crippen LogP contribution >= 0.6 is 0 Å². The minimum atomic E-state index is -0.405. The van der Waals surface area contributed by atoms with Gasteiger partial charge in [0, 0.05) is 17.4 Å². The summed E-state index contributed by atoms with van der Waals surface area (Å²) < 4.78 is 26.4. The predicted octanol–water partition coefficient (Wildman–Crippen LogP) is 3.34. The lowest BCUT2D eigenvalue weighted by molar-refractivity contribution is 0.102. The van der Waals surface area contributed by atoms with Crippen LogP contribution in [0.15, 0.2) is 48.5 Å². The van der Waals surface area contributed by atoms with Gasteiger partial charge in [-0.1, -0.05) is 12.1 Å². The molecule has 1 aliphatic rings. The molecule has 0 aliphatic carbocycles. The molecule has 0 radical (unpaired) electrons. The number of halogens is 1. The van der Waals surface area contributed by atoms with E-state index >= 15 is 0 Å². The number of benzene rings is 2. The Bertz CT molecular complexity index is 984. The molecule has 1 amide bonds. The summed E-state index contributed by atoms with van der Waals surface area (Å²) in [4.78, 5) is 12.5. The number of para-hydroxylation sites is 1. The molecule has 0 saturated heterocycles. The van der Waals surface area contributed by atoms with Crippen molar-refractivity contribution in [2.75, 3.05) is 18.5 Å². The summed E-state index contributed by atoms with van der Waals surface area (Å²) in [5.41, 5.74) is 1.71. The molecule has 1 aliphatic heterocycles. The second-order valence-electron chi connectivity index (χ2n) is 5.85. The van der Waals surface area contributed by atoms with Crippen LogP contribution in [0.1, 0.15) is 16.2 Å². The Kier molecular flexibility index (Phi) is 4.04. The number of nitrogens with zero attached hydrogens (tertiary/aromatic N) is 2. The number of hydrogen-bond acceptors (Lipinski definition) is 4. The summed E-state index contributed by atoms with van der Waals surface area (Å²) in [6.07, 6.45) is 0. The van der Waals surface area contributed by atoms with E-state index in [9.17, 15) is 9.18 Å². The number of amides is 1. The maximum absolute atomic E-state index is 14.0. The summed E-state index contributed by atoms with van der Waals surface area (Å²) in [5.74, 6) is 0.438. The van der Waals surface area contributed by atoms with Crippen LogP contribution in [0.3, 0.4) is 0 Å². The first-order valence-electron chi connectivity index (χ1n) is 8.14. The van der Waals surface area contributed by atoms with E-state index in [1.165, 1.54) is 10.7 Å². The van der Waals surface area contributed by atoms with Crippen LogP contribution in [-0.4, -0.2) is 28.9 Å². The second-order valence-corrected chi connectivity index (χ2v) is 5.85. The molecule has 0 atom stereocenters. The van der Waals surface area contributed by atoms with Crippen LogP contribution in [-0.2, 0) is 0 Å². The van der Waals surface area contributed by atoms with Crippen molar-refractivity contribution in [2.24, 2.45) is 0 Å².